The number of piperidine rings is 1. The van der Waals surface area contributed by atoms with E-state index in [1.54, 1.807) is 38.1 Å². The van der Waals surface area contributed by atoms with Crippen LogP contribution in [0.15, 0.2) is 29.2 Å². The Morgan fingerprint density at radius 1 is 1.06 bits per heavy atom. The standard InChI is InChI=1S/C22H37N3O5S2/c1-5-8-17-31(27,28)25-15-13-20(14-16-25)22(26)23-18(4)19-9-11-21(12-10-19)32(29,30)24(6-2)7-3/h9-12,18,20H,5-8,13-17H2,1-4H3,(H,23,26). The van der Waals surface area contributed by atoms with Crippen molar-refractivity contribution >= 4 is 26.0 Å². The van der Waals surface area contributed by atoms with Crippen molar-refractivity contribution in [2.24, 2.45) is 5.92 Å². The number of sulfonamides is 2. The Morgan fingerprint density at radius 2 is 1.62 bits per heavy atom. The summed E-state index contributed by atoms with van der Waals surface area (Å²) < 4.78 is 52.8. The fourth-order valence-corrected chi connectivity index (χ4v) is 7.04. The lowest BCUT2D eigenvalue weighted by Gasteiger charge is -2.31. The highest BCUT2D eigenvalue weighted by Gasteiger charge is 2.31. The van der Waals surface area contributed by atoms with Crippen molar-refractivity contribution in [3.05, 3.63) is 29.8 Å². The van der Waals surface area contributed by atoms with Crippen LogP contribution < -0.4 is 5.32 Å². The summed E-state index contributed by atoms with van der Waals surface area (Å²) in [6.45, 7) is 8.99. The van der Waals surface area contributed by atoms with Gasteiger partial charge in [0.25, 0.3) is 0 Å². The van der Waals surface area contributed by atoms with E-state index in [0.717, 1.165) is 12.0 Å². The highest BCUT2D eigenvalue weighted by atomic mass is 32.2. The van der Waals surface area contributed by atoms with Crippen molar-refractivity contribution in [1.82, 2.24) is 13.9 Å². The number of hydrogen-bond acceptors (Lipinski definition) is 5. The van der Waals surface area contributed by atoms with Gasteiger partial charge in [0.15, 0.2) is 0 Å². The molecule has 2 rings (SSSR count). The second-order valence-electron chi connectivity index (χ2n) is 8.23. The van der Waals surface area contributed by atoms with E-state index in [4.69, 9.17) is 0 Å². The van der Waals surface area contributed by atoms with Gasteiger partial charge in [0.2, 0.25) is 26.0 Å². The summed E-state index contributed by atoms with van der Waals surface area (Å²) in [6, 6.07) is 6.32. The number of nitrogens with one attached hydrogen (secondary N) is 1. The summed E-state index contributed by atoms with van der Waals surface area (Å²) in [7, 11) is -6.75. The maximum Gasteiger partial charge on any atom is 0.243 e. The van der Waals surface area contributed by atoms with Gasteiger partial charge in [-0.05, 0) is 43.9 Å². The van der Waals surface area contributed by atoms with Gasteiger partial charge in [0.05, 0.1) is 16.7 Å². The lowest BCUT2D eigenvalue weighted by molar-refractivity contribution is -0.126. The summed E-state index contributed by atoms with van der Waals surface area (Å²) in [5.74, 6) is -0.155. The molecule has 1 N–H and O–H groups in total. The van der Waals surface area contributed by atoms with Gasteiger partial charge >= 0.3 is 0 Å². The molecule has 1 aromatic carbocycles. The van der Waals surface area contributed by atoms with E-state index >= 15 is 0 Å². The van der Waals surface area contributed by atoms with E-state index in [0.29, 0.717) is 45.4 Å². The lowest BCUT2D eigenvalue weighted by Crippen LogP contribution is -2.44. The Hall–Kier alpha value is -1.49. The van der Waals surface area contributed by atoms with Gasteiger partial charge in [-0.3, -0.25) is 4.79 Å². The number of carbonyl (C=O) groups is 1. The number of rotatable bonds is 11. The Kier molecular flexibility index (Phi) is 9.68. The third-order valence-corrected chi connectivity index (χ3v) is 10.1. The zero-order valence-electron chi connectivity index (χ0n) is 19.6. The molecular formula is C22H37N3O5S2. The monoisotopic (exact) mass is 487 g/mol. The average Bonchev–Trinajstić information content (AvgIpc) is 2.78. The largest absolute Gasteiger partial charge is 0.349 e. The van der Waals surface area contributed by atoms with Crippen LogP contribution in [-0.2, 0) is 24.8 Å². The predicted molar refractivity (Wildman–Crippen MR) is 126 cm³/mol. The maximum atomic E-state index is 12.7. The molecule has 0 bridgehead atoms. The second-order valence-corrected chi connectivity index (χ2v) is 12.3. The van der Waals surface area contributed by atoms with E-state index in [9.17, 15) is 21.6 Å². The molecule has 0 aliphatic carbocycles. The van der Waals surface area contributed by atoms with Crippen molar-refractivity contribution in [1.29, 1.82) is 0 Å². The molecule has 0 saturated carbocycles. The summed E-state index contributed by atoms with van der Waals surface area (Å²) in [6.07, 6.45) is 2.49. The van der Waals surface area contributed by atoms with Gasteiger partial charge in [0, 0.05) is 32.1 Å². The third-order valence-electron chi connectivity index (χ3n) is 6.06. The molecule has 182 valence electrons. The van der Waals surface area contributed by atoms with E-state index < -0.39 is 20.0 Å². The van der Waals surface area contributed by atoms with Crippen LogP contribution in [0, 0.1) is 5.92 Å². The average molecular weight is 488 g/mol. The smallest absolute Gasteiger partial charge is 0.243 e. The first-order valence-electron chi connectivity index (χ1n) is 11.4. The van der Waals surface area contributed by atoms with Crippen LogP contribution in [0.4, 0.5) is 0 Å². The minimum atomic E-state index is -3.52. The van der Waals surface area contributed by atoms with Crippen molar-refractivity contribution in [3.63, 3.8) is 0 Å². The van der Waals surface area contributed by atoms with E-state index in [2.05, 4.69) is 5.32 Å². The lowest BCUT2D eigenvalue weighted by atomic mass is 9.96. The molecule has 1 atom stereocenters. The quantitative estimate of drug-likeness (QED) is 0.517. The van der Waals surface area contributed by atoms with Gasteiger partial charge in [-0.15, -0.1) is 0 Å². The molecule has 1 heterocycles. The number of benzene rings is 1. The van der Waals surface area contributed by atoms with Crippen molar-refractivity contribution in [2.45, 2.75) is 64.3 Å². The Morgan fingerprint density at radius 3 is 2.12 bits per heavy atom. The normalized spacial score (nSPS) is 17.4. The molecule has 0 aromatic heterocycles. The van der Waals surface area contributed by atoms with Gasteiger partial charge < -0.3 is 5.32 Å². The van der Waals surface area contributed by atoms with Gasteiger partial charge in [0.1, 0.15) is 0 Å². The molecule has 0 spiro atoms. The molecule has 0 radical (unpaired) electrons. The molecule has 10 heteroatoms. The zero-order chi connectivity index (χ0) is 23.9. The molecule has 1 unspecified atom stereocenters. The van der Waals surface area contributed by atoms with E-state index in [1.165, 1.54) is 8.61 Å². The minimum Gasteiger partial charge on any atom is -0.349 e. The number of amides is 1. The molecule has 1 fully saturated rings. The van der Waals surface area contributed by atoms with Crippen LogP contribution in [0.5, 0.6) is 0 Å². The first-order chi connectivity index (χ1) is 15.1. The van der Waals surface area contributed by atoms with Crippen LogP contribution in [0.2, 0.25) is 0 Å². The van der Waals surface area contributed by atoms with E-state index in [-0.39, 0.29) is 28.5 Å². The molecule has 1 amide bonds. The topological polar surface area (TPSA) is 104 Å². The summed E-state index contributed by atoms with van der Waals surface area (Å²) >= 11 is 0. The first-order valence-corrected chi connectivity index (χ1v) is 14.5. The van der Waals surface area contributed by atoms with Crippen LogP contribution in [-0.4, -0.2) is 63.3 Å². The fraction of sp³-hybridized carbons (Fsp3) is 0.682. The van der Waals surface area contributed by atoms with Gasteiger partial charge in [-0.25, -0.2) is 21.1 Å². The highest BCUT2D eigenvalue weighted by molar-refractivity contribution is 7.89. The maximum absolute atomic E-state index is 12.7. The second kappa shape index (κ2) is 11.6. The molecular weight excluding hydrogens is 450 g/mol. The fourth-order valence-electron chi connectivity index (χ4n) is 3.91. The van der Waals surface area contributed by atoms with Gasteiger partial charge in [-0.1, -0.05) is 39.3 Å². The Bertz CT molecular complexity index is 950. The minimum absolute atomic E-state index is 0.0945. The number of carbonyl (C=O) groups excluding carboxylic acids is 1. The number of hydrogen-bond donors (Lipinski definition) is 1. The molecule has 8 nitrogen and oxygen atoms in total. The summed E-state index contributed by atoms with van der Waals surface area (Å²) in [5, 5.41) is 2.99. The van der Waals surface area contributed by atoms with Crippen molar-refractivity contribution in [2.75, 3.05) is 31.9 Å². The van der Waals surface area contributed by atoms with Gasteiger partial charge in [-0.2, -0.15) is 4.31 Å². The SMILES string of the molecule is CCCCS(=O)(=O)N1CCC(C(=O)NC(C)c2ccc(S(=O)(=O)N(CC)CC)cc2)CC1. The number of nitrogens with zero attached hydrogens (tertiary/aromatic N) is 2. The van der Waals surface area contributed by atoms with Crippen LogP contribution >= 0.6 is 0 Å². The van der Waals surface area contributed by atoms with Crippen LogP contribution in [0.1, 0.15) is 65.0 Å². The Labute approximate surface area is 193 Å². The molecule has 32 heavy (non-hydrogen) atoms. The number of unbranched alkanes of at least 4 members (excludes halogenated alkanes) is 1. The first kappa shape index (κ1) is 26.8. The highest BCUT2D eigenvalue weighted by Crippen LogP contribution is 2.23. The molecule has 1 aromatic rings. The van der Waals surface area contributed by atoms with Crippen molar-refractivity contribution in [3.8, 4) is 0 Å². The zero-order valence-corrected chi connectivity index (χ0v) is 21.2. The summed E-state index contributed by atoms with van der Waals surface area (Å²) in [5.41, 5.74) is 0.816. The van der Waals surface area contributed by atoms with Crippen LogP contribution in [0.3, 0.4) is 0 Å². The van der Waals surface area contributed by atoms with E-state index in [1.807, 2.05) is 13.8 Å². The predicted octanol–water partition coefficient (Wildman–Crippen LogP) is 2.74. The Balaban J connectivity index is 1.94. The molecule has 1 aliphatic heterocycles. The van der Waals surface area contributed by atoms with Crippen molar-refractivity contribution < 1.29 is 21.6 Å². The van der Waals surface area contributed by atoms with Crippen LogP contribution in [0.25, 0.3) is 0 Å². The molecule has 1 aliphatic rings. The molecule has 1 saturated heterocycles. The summed E-state index contributed by atoms with van der Waals surface area (Å²) in [4.78, 5) is 13.0. The third kappa shape index (κ3) is 6.52.